The van der Waals surface area contributed by atoms with Gasteiger partial charge in [0.15, 0.2) is 0 Å². The number of nitrogens with two attached hydrogens (primary N) is 1. The Labute approximate surface area is 134 Å². The molecule has 2 bridgehead atoms. The van der Waals surface area contributed by atoms with Crippen LogP contribution in [0.25, 0.3) is 0 Å². The van der Waals surface area contributed by atoms with Gasteiger partial charge in [-0.25, -0.2) is 0 Å². The second kappa shape index (κ2) is 5.56. The maximum Gasteiger partial charge on any atom is 0.235 e. The molecule has 5 unspecified atom stereocenters. The van der Waals surface area contributed by atoms with Crippen molar-refractivity contribution in [3.8, 4) is 0 Å². The van der Waals surface area contributed by atoms with Gasteiger partial charge in [-0.1, -0.05) is 0 Å². The van der Waals surface area contributed by atoms with Crippen LogP contribution in [0, 0.1) is 17.8 Å². The largest absolute Gasteiger partial charge is 0.373 e. The van der Waals surface area contributed by atoms with Gasteiger partial charge in [0.05, 0.1) is 24.0 Å². The number of imide groups is 1. The zero-order valence-electron chi connectivity index (χ0n) is 13.1. The predicted octanol–water partition coefficient (Wildman–Crippen LogP) is -0.608. The van der Waals surface area contributed by atoms with E-state index in [9.17, 15) is 14.4 Å². The first-order chi connectivity index (χ1) is 11.1. The second-order valence-electron chi connectivity index (χ2n) is 7.17. The van der Waals surface area contributed by atoms with Crippen LogP contribution in [-0.4, -0.2) is 54.0 Å². The lowest BCUT2D eigenvalue weighted by Crippen LogP contribution is -2.43. The lowest BCUT2D eigenvalue weighted by atomic mass is 9.81. The predicted molar refractivity (Wildman–Crippen MR) is 79.9 cm³/mol. The first-order valence-corrected chi connectivity index (χ1v) is 8.60. The summed E-state index contributed by atoms with van der Waals surface area (Å²) >= 11 is 0. The first-order valence-electron chi connectivity index (χ1n) is 8.60. The average molecular weight is 321 g/mol. The van der Waals surface area contributed by atoms with E-state index in [4.69, 9.17) is 10.5 Å². The molecule has 4 aliphatic rings. The molecule has 3 amide bonds. The maximum atomic E-state index is 12.5. The SMILES string of the molecule is NCC(NC(=O)CCN1C(=O)C2C3CCC(O3)C2C1=O)C1CC1. The molecule has 4 fully saturated rings. The van der Waals surface area contributed by atoms with Gasteiger partial charge in [-0.05, 0) is 31.6 Å². The summed E-state index contributed by atoms with van der Waals surface area (Å²) in [7, 11) is 0. The number of nitrogens with zero attached hydrogens (tertiary/aromatic N) is 1. The van der Waals surface area contributed by atoms with Crippen molar-refractivity contribution in [3.05, 3.63) is 0 Å². The van der Waals surface area contributed by atoms with Gasteiger partial charge in [-0.3, -0.25) is 19.3 Å². The molecule has 7 nitrogen and oxygen atoms in total. The van der Waals surface area contributed by atoms with Crippen LogP contribution in [0.3, 0.4) is 0 Å². The van der Waals surface area contributed by atoms with Crippen molar-refractivity contribution in [1.82, 2.24) is 10.2 Å². The molecule has 4 rings (SSSR count). The van der Waals surface area contributed by atoms with Crippen LogP contribution in [-0.2, 0) is 19.1 Å². The van der Waals surface area contributed by atoms with Crippen LogP contribution in [0.4, 0.5) is 0 Å². The highest BCUT2D eigenvalue weighted by atomic mass is 16.5. The third-order valence-electron chi connectivity index (χ3n) is 5.73. The molecule has 0 aromatic heterocycles. The monoisotopic (exact) mass is 321 g/mol. The molecule has 1 aliphatic carbocycles. The summed E-state index contributed by atoms with van der Waals surface area (Å²) in [6.07, 6.45) is 3.89. The Hall–Kier alpha value is -1.47. The molecule has 1 saturated carbocycles. The lowest BCUT2D eigenvalue weighted by molar-refractivity contribution is -0.142. The summed E-state index contributed by atoms with van der Waals surface area (Å²) in [4.78, 5) is 38.3. The van der Waals surface area contributed by atoms with Crippen LogP contribution in [0.5, 0.6) is 0 Å². The van der Waals surface area contributed by atoms with E-state index in [2.05, 4.69) is 5.32 Å². The molecule has 126 valence electrons. The summed E-state index contributed by atoms with van der Waals surface area (Å²) in [5, 5.41) is 2.92. The zero-order chi connectivity index (χ0) is 16.1. The van der Waals surface area contributed by atoms with Gasteiger partial charge in [0.25, 0.3) is 0 Å². The van der Waals surface area contributed by atoms with Crippen molar-refractivity contribution in [1.29, 1.82) is 0 Å². The quantitative estimate of drug-likeness (QED) is 0.636. The van der Waals surface area contributed by atoms with Crippen LogP contribution in [0.1, 0.15) is 32.1 Å². The highest BCUT2D eigenvalue weighted by Gasteiger charge is 2.62. The molecule has 0 aromatic carbocycles. The fourth-order valence-electron chi connectivity index (χ4n) is 4.35. The number of amides is 3. The topological polar surface area (TPSA) is 102 Å². The Morgan fingerprint density at radius 2 is 1.78 bits per heavy atom. The van der Waals surface area contributed by atoms with Crippen LogP contribution < -0.4 is 11.1 Å². The minimum atomic E-state index is -0.312. The third kappa shape index (κ3) is 2.46. The van der Waals surface area contributed by atoms with Crippen LogP contribution in [0.2, 0.25) is 0 Å². The van der Waals surface area contributed by atoms with Gasteiger partial charge < -0.3 is 15.8 Å². The van der Waals surface area contributed by atoms with Gasteiger partial charge in [-0.15, -0.1) is 0 Å². The second-order valence-corrected chi connectivity index (χ2v) is 7.17. The number of likely N-dealkylation sites (tertiary alicyclic amines) is 1. The van der Waals surface area contributed by atoms with Gasteiger partial charge in [0, 0.05) is 25.6 Å². The van der Waals surface area contributed by atoms with Crippen molar-refractivity contribution in [2.75, 3.05) is 13.1 Å². The number of nitrogens with one attached hydrogen (secondary N) is 1. The van der Waals surface area contributed by atoms with E-state index in [1.807, 2.05) is 0 Å². The summed E-state index contributed by atoms with van der Waals surface area (Å²) in [5.74, 6) is -0.578. The number of hydrogen-bond donors (Lipinski definition) is 2. The summed E-state index contributed by atoms with van der Waals surface area (Å²) in [6, 6.07) is 0.0242. The molecule has 3 heterocycles. The lowest BCUT2D eigenvalue weighted by Gasteiger charge is -2.19. The first kappa shape index (κ1) is 15.1. The van der Waals surface area contributed by atoms with E-state index in [1.165, 1.54) is 4.90 Å². The molecule has 3 N–H and O–H groups in total. The minimum absolute atomic E-state index is 0.0242. The molecule has 0 spiro atoms. The molecular weight excluding hydrogens is 298 g/mol. The molecule has 23 heavy (non-hydrogen) atoms. The van der Waals surface area contributed by atoms with E-state index in [1.54, 1.807) is 0 Å². The Balaban J connectivity index is 1.33. The number of rotatable bonds is 6. The molecule has 0 aromatic rings. The van der Waals surface area contributed by atoms with E-state index < -0.39 is 0 Å². The van der Waals surface area contributed by atoms with E-state index >= 15 is 0 Å². The van der Waals surface area contributed by atoms with Crippen LogP contribution in [0.15, 0.2) is 0 Å². The number of ether oxygens (including phenoxy) is 1. The third-order valence-corrected chi connectivity index (χ3v) is 5.73. The zero-order valence-corrected chi connectivity index (χ0v) is 13.1. The summed E-state index contributed by atoms with van der Waals surface area (Å²) in [5.41, 5.74) is 5.68. The summed E-state index contributed by atoms with van der Waals surface area (Å²) in [6.45, 7) is 0.598. The van der Waals surface area contributed by atoms with Crippen molar-refractivity contribution < 1.29 is 19.1 Å². The molecular formula is C16H23N3O4. The normalized spacial score (nSPS) is 36.5. The fourth-order valence-corrected chi connectivity index (χ4v) is 4.35. The Morgan fingerprint density at radius 1 is 1.17 bits per heavy atom. The highest BCUT2D eigenvalue weighted by Crippen LogP contribution is 2.48. The van der Waals surface area contributed by atoms with Crippen molar-refractivity contribution in [3.63, 3.8) is 0 Å². The van der Waals surface area contributed by atoms with E-state index in [0.29, 0.717) is 12.5 Å². The van der Waals surface area contributed by atoms with Gasteiger partial charge in [0.2, 0.25) is 17.7 Å². The van der Waals surface area contributed by atoms with Crippen molar-refractivity contribution in [2.24, 2.45) is 23.5 Å². The van der Waals surface area contributed by atoms with E-state index in [-0.39, 0.29) is 60.8 Å². The molecule has 5 atom stereocenters. The summed E-state index contributed by atoms with van der Waals surface area (Å²) < 4.78 is 5.69. The smallest absolute Gasteiger partial charge is 0.235 e. The molecule has 3 aliphatic heterocycles. The van der Waals surface area contributed by atoms with Crippen molar-refractivity contribution >= 4 is 17.7 Å². The van der Waals surface area contributed by atoms with Gasteiger partial charge in [-0.2, -0.15) is 0 Å². The standard InChI is InChI=1S/C16H23N3O4/c17-7-9(8-1-2-8)18-12(20)5-6-19-15(21)13-10-3-4-11(23-10)14(13)16(19)22/h8-11,13-14H,1-7,17H2,(H,18,20). The fraction of sp³-hybridized carbons (Fsp3) is 0.812. The molecule has 0 radical (unpaired) electrons. The van der Waals surface area contributed by atoms with Gasteiger partial charge >= 0.3 is 0 Å². The maximum absolute atomic E-state index is 12.5. The number of fused-ring (bicyclic) bond motifs is 5. The Kier molecular flexibility index (Phi) is 3.65. The van der Waals surface area contributed by atoms with E-state index in [0.717, 1.165) is 25.7 Å². The number of carbonyl (C=O) groups is 3. The van der Waals surface area contributed by atoms with Crippen molar-refractivity contribution in [2.45, 2.75) is 50.4 Å². The molecule has 3 saturated heterocycles. The van der Waals surface area contributed by atoms with Gasteiger partial charge in [0.1, 0.15) is 0 Å². The Morgan fingerprint density at radius 3 is 2.30 bits per heavy atom. The molecule has 7 heteroatoms. The highest BCUT2D eigenvalue weighted by molar-refractivity contribution is 6.06. The number of carbonyl (C=O) groups excluding carboxylic acids is 3. The Bertz CT molecular complexity index is 519. The average Bonchev–Trinajstić information content (AvgIpc) is 3.09. The van der Waals surface area contributed by atoms with Crippen LogP contribution >= 0.6 is 0 Å². The minimum Gasteiger partial charge on any atom is -0.373 e. The number of hydrogen-bond acceptors (Lipinski definition) is 5.